The summed E-state index contributed by atoms with van der Waals surface area (Å²) in [6.45, 7) is 6.07. The van der Waals surface area contributed by atoms with Gasteiger partial charge in [-0.25, -0.2) is 0 Å². The molecule has 0 radical (unpaired) electrons. The number of aromatic nitrogens is 1. The van der Waals surface area contributed by atoms with Crippen LogP contribution in [-0.4, -0.2) is 11.6 Å². The summed E-state index contributed by atoms with van der Waals surface area (Å²) in [5.41, 5.74) is 1.77. The number of anilines is 1. The van der Waals surface area contributed by atoms with Crippen LogP contribution >= 0.6 is 11.6 Å². The maximum absolute atomic E-state index is 8.96. The molecule has 0 bridgehead atoms. The normalized spacial score (nSPS) is 9.95. The SMILES string of the molecule is C=CNc1cc2c(Cl)c(C#N)cnc2cc1OCC. The highest BCUT2D eigenvalue weighted by Crippen LogP contribution is 2.34. The Labute approximate surface area is 116 Å². The first-order chi connectivity index (χ1) is 9.21. The number of nitrogens with zero attached hydrogens (tertiary/aromatic N) is 2. The number of ether oxygens (including phenoxy) is 1. The number of nitriles is 1. The number of rotatable bonds is 4. The average molecular weight is 274 g/mol. The van der Waals surface area contributed by atoms with Crippen molar-refractivity contribution in [3.05, 3.63) is 41.7 Å². The molecule has 0 fully saturated rings. The molecule has 2 rings (SSSR count). The standard InChI is InChI=1S/C14H12ClN3O/c1-3-17-12-5-10-11(6-13(12)19-4-2)18-8-9(7-16)14(10)15/h3,5-6,8,17H,1,4H2,2H3. The summed E-state index contributed by atoms with van der Waals surface area (Å²) in [7, 11) is 0. The molecule has 1 aromatic heterocycles. The smallest absolute Gasteiger partial charge is 0.144 e. The van der Waals surface area contributed by atoms with Crippen LogP contribution in [0.4, 0.5) is 5.69 Å². The number of benzene rings is 1. The van der Waals surface area contributed by atoms with Gasteiger partial charge in [0.2, 0.25) is 0 Å². The second kappa shape index (κ2) is 5.59. The predicted molar refractivity (Wildman–Crippen MR) is 76.5 cm³/mol. The van der Waals surface area contributed by atoms with Crippen LogP contribution in [0, 0.1) is 11.3 Å². The molecule has 0 amide bonds. The van der Waals surface area contributed by atoms with Crippen LogP contribution in [0.2, 0.25) is 5.02 Å². The van der Waals surface area contributed by atoms with Crippen LogP contribution in [0.15, 0.2) is 31.1 Å². The van der Waals surface area contributed by atoms with E-state index in [2.05, 4.69) is 16.9 Å². The van der Waals surface area contributed by atoms with Crippen molar-refractivity contribution in [2.75, 3.05) is 11.9 Å². The van der Waals surface area contributed by atoms with E-state index in [1.54, 1.807) is 18.3 Å². The molecular formula is C14H12ClN3O. The molecule has 19 heavy (non-hydrogen) atoms. The van der Waals surface area contributed by atoms with Crippen molar-refractivity contribution in [2.24, 2.45) is 0 Å². The van der Waals surface area contributed by atoms with Gasteiger partial charge < -0.3 is 10.1 Å². The molecular weight excluding hydrogens is 262 g/mol. The van der Waals surface area contributed by atoms with E-state index >= 15 is 0 Å². The molecule has 2 aromatic rings. The van der Waals surface area contributed by atoms with Gasteiger partial charge in [-0.05, 0) is 19.2 Å². The van der Waals surface area contributed by atoms with E-state index in [1.807, 2.05) is 13.0 Å². The van der Waals surface area contributed by atoms with Crippen LogP contribution in [0.25, 0.3) is 10.9 Å². The van der Waals surface area contributed by atoms with Crippen LogP contribution < -0.4 is 10.1 Å². The number of halogens is 1. The minimum atomic E-state index is 0.350. The van der Waals surface area contributed by atoms with E-state index in [9.17, 15) is 0 Å². The summed E-state index contributed by atoms with van der Waals surface area (Å²) in [4.78, 5) is 4.22. The molecule has 0 aliphatic rings. The fourth-order valence-corrected chi connectivity index (χ4v) is 2.01. The first-order valence-corrected chi connectivity index (χ1v) is 6.11. The third kappa shape index (κ3) is 2.47. The number of hydrogen-bond acceptors (Lipinski definition) is 4. The van der Waals surface area contributed by atoms with E-state index < -0.39 is 0 Å². The predicted octanol–water partition coefficient (Wildman–Crippen LogP) is 3.71. The molecule has 96 valence electrons. The first kappa shape index (κ1) is 13.2. The summed E-state index contributed by atoms with van der Waals surface area (Å²) >= 11 is 6.19. The molecule has 0 atom stereocenters. The summed E-state index contributed by atoms with van der Waals surface area (Å²) in [5.74, 6) is 0.670. The Bertz CT molecular complexity index is 676. The van der Waals surface area contributed by atoms with Crippen molar-refractivity contribution in [3.8, 4) is 11.8 Å². The fourth-order valence-electron chi connectivity index (χ4n) is 1.76. The van der Waals surface area contributed by atoms with Crippen molar-refractivity contribution in [1.29, 1.82) is 5.26 Å². The minimum absolute atomic E-state index is 0.350. The highest BCUT2D eigenvalue weighted by molar-refractivity contribution is 6.36. The third-order valence-electron chi connectivity index (χ3n) is 2.58. The fraction of sp³-hybridized carbons (Fsp3) is 0.143. The quantitative estimate of drug-likeness (QED) is 0.922. The van der Waals surface area contributed by atoms with Crippen molar-refractivity contribution in [2.45, 2.75) is 6.92 Å². The number of fused-ring (bicyclic) bond motifs is 1. The first-order valence-electron chi connectivity index (χ1n) is 5.73. The van der Waals surface area contributed by atoms with E-state index in [1.165, 1.54) is 6.20 Å². The van der Waals surface area contributed by atoms with Crippen molar-refractivity contribution in [1.82, 2.24) is 4.98 Å². The summed E-state index contributed by atoms with van der Waals surface area (Å²) < 4.78 is 5.54. The lowest BCUT2D eigenvalue weighted by molar-refractivity contribution is 0.342. The minimum Gasteiger partial charge on any atom is -0.492 e. The highest BCUT2D eigenvalue weighted by Gasteiger charge is 2.11. The highest BCUT2D eigenvalue weighted by atomic mass is 35.5. The Balaban J connectivity index is 2.70. The molecule has 0 saturated carbocycles. The molecule has 1 N–H and O–H groups in total. The lowest BCUT2D eigenvalue weighted by Gasteiger charge is -2.12. The Morgan fingerprint density at radius 1 is 1.58 bits per heavy atom. The molecule has 0 spiro atoms. The Morgan fingerprint density at radius 2 is 2.37 bits per heavy atom. The van der Waals surface area contributed by atoms with E-state index in [-0.39, 0.29) is 0 Å². The average Bonchev–Trinajstić information content (AvgIpc) is 2.41. The van der Waals surface area contributed by atoms with Gasteiger partial charge in [-0.3, -0.25) is 4.98 Å². The van der Waals surface area contributed by atoms with Gasteiger partial charge in [0.15, 0.2) is 0 Å². The Hall–Kier alpha value is -2.25. The van der Waals surface area contributed by atoms with Gasteiger partial charge in [0.25, 0.3) is 0 Å². The second-order valence-electron chi connectivity index (χ2n) is 3.74. The van der Waals surface area contributed by atoms with Crippen molar-refractivity contribution < 1.29 is 4.74 Å². The monoisotopic (exact) mass is 273 g/mol. The zero-order chi connectivity index (χ0) is 13.8. The summed E-state index contributed by atoms with van der Waals surface area (Å²) in [6.07, 6.45) is 3.01. The maximum atomic E-state index is 8.96. The van der Waals surface area contributed by atoms with Gasteiger partial charge in [-0.2, -0.15) is 5.26 Å². The number of pyridine rings is 1. The molecule has 0 aliphatic carbocycles. The molecule has 5 heteroatoms. The van der Waals surface area contributed by atoms with Crippen LogP contribution in [0.5, 0.6) is 5.75 Å². The van der Waals surface area contributed by atoms with Gasteiger partial charge in [0.1, 0.15) is 11.8 Å². The number of nitrogens with one attached hydrogen (secondary N) is 1. The molecule has 0 unspecified atom stereocenters. The topological polar surface area (TPSA) is 57.9 Å². The van der Waals surface area contributed by atoms with Crippen LogP contribution in [-0.2, 0) is 0 Å². The lowest BCUT2D eigenvalue weighted by Crippen LogP contribution is -1.98. The lowest BCUT2D eigenvalue weighted by atomic mass is 10.1. The van der Waals surface area contributed by atoms with Gasteiger partial charge in [-0.15, -0.1) is 0 Å². The third-order valence-corrected chi connectivity index (χ3v) is 2.99. The van der Waals surface area contributed by atoms with Crippen molar-refractivity contribution in [3.63, 3.8) is 0 Å². The van der Waals surface area contributed by atoms with Crippen LogP contribution in [0.1, 0.15) is 12.5 Å². The van der Waals surface area contributed by atoms with E-state index in [4.69, 9.17) is 21.6 Å². The molecule has 1 heterocycles. The second-order valence-corrected chi connectivity index (χ2v) is 4.12. The zero-order valence-electron chi connectivity index (χ0n) is 10.4. The van der Waals surface area contributed by atoms with Gasteiger partial charge in [0.05, 0.1) is 28.4 Å². The Kier molecular flexibility index (Phi) is 3.88. The largest absolute Gasteiger partial charge is 0.492 e. The summed E-state index contributed by atoms with van der Waals surface area (Å²) in [6, 6.07) is 5.61. The van der Waals surface area contributed by atoms with Gasteiger partial charge in [0, 0.05) is 17.6 Å². The summed E-state index contributed by atoms with van der Waals surface area (Å²) in [5, 5.41) is 13.0. The molecule has 1 aromatic carbocycles. The van der Waals surface area contributed by atoms with Gasteiger partial charge in [-0.1, -0.05) is 18.2 Å². The molecule has 0 aliphatic heterocycles. The number of hydrogen-bond donors (Lipinski definition) is 1. The van der Waals surface area contributed by atoms with Crippen molar-refractivity contribution >= 4 is 28.2 Å². The van der Waals surface area contributed by atoms with Gasteiger partial charge >= 0.3 is 0 Å². The maximum Gasteiger partial charge on any atom is 0.144 e. The molecule has 0 saturated heterocycles. The molecule has 4 nitrogen and oxygen atoms in total. The Morgan fingerprint density at radius 3 is 3.00 bits per heavy atom. The zero-order valence-corrected chi connectivity index (χ0v) is 11.2. The van der Waals surface area contributed by atoms with E-state index in [0.717, 1.165) is 5.69 Å². The van der Waals surface area contributed by atoms with Crippen LogP contribution in [0.3, 0.4) is 0 Å². The van der Waals surface area contributed by atoms with E-state index in [0.29, 0.717) is 33.8 Å².